The minimum atomic E-state index is -1.32. The zero-order chi connectivity index (χ0) is 23.0. The van der Waals surface area contributed by atoms with Gasteiger partial charge < -0.3 is 15.2 Å². The van der Waals surface area contributed by atoms with Crippen LogP contribution in [-0.2, 0) is 11.5 Å². The summed E-state index contributed by atoms with van der Waals surface area (Å²) in [7, 11) is 0. The lowest BCUT2D eigenvalue weighted by atomic mass is 10.0. The number of nitrogens with zero attached hydrogens (tertiary/aromatic N) is 3. The molecule has 0 aliphatic heterocycles. The maximum Gasteiger partial charge on any atom is 0.354 e. The van der Waals surface area contributed by atoms with E-state index in [9.17, 15) is 23.9 Å². The van der Waals surface area contributed by atoms with E-state index >= 15 is 0 Å². The standard InChI is InChI=1S/C22H27FN4O4/c1-4-5-6-17(8-7-14(2)15(3)9-10-28)25-21(29)19-11-18(22(30)31)26-20-16(12-23)13-24-27(19)20/h5-6,10-11,13,17H,4,7-9,12H2,1-3H3,(H,25,29)(H,30,31)/b6-5+,15-14+. The first-order valence-electron chi connectivity index (χ1n) is 10.1. The van der Waals surface area contributed by atoms with Crippen LogP contribution in [0.2, 0.25) is 0 Å². The van der Waals surface area contributed by atoms with Gasteiger partial charge in [-0.15, -0.1) is 0 Å². The minimum absolute atomic E-state index is 0.00327. The average molecular weight is 430 g/mol. The molecule has 166 valence electrons. The van der Waals surface area contributed by atoms with Crippen LogP contribution in [0.4, 0.5) is 4.39 Å². The van der Waals surface area contributed by atoms with Crippen molar-refractivity contribution < 1.29 is 23.9 Å². The summed E-state index contributed by atoms with van der Waals surface area (Å²) in [5, 5.41) is 16.2. The molecule has 8 nitrogen and oxygen atoms in total. The van der Waals surface area contributed by atoms with Gasteiger partial charge in [0.2, 0.25) is 0 Å². The van der Waals surface area contributed by atoms with Gasteiger partial charge in [0.25, 0.3) is 5.91 Å². The summed E-state index contributed by atoms with van der Waals surface area (Å²) in [6.45, 7) is 4.95. The highest BCUT2D eigenvalue weighted by Crippen LogP contribution is 2.17. The average Bonchev–Trinajstić information content (AvgIpc) is 3.17. The topological polar surface area (TPSA) is 114 Å². The summed E-state index contributed by atoms with van der Waals surface area (Å²) >= 11 is 0. The van der Waals surface area contributed by atoms with Crippen molar-refractivity contribution in [3.8, 4) is 0 Å². The Morgan fingerprint density at radius 3 is 2.68 bits per heavy atom. The number of carbonyl (C=O) groups excluding carboxylic acids is 2. The Kier molecular flexibility index (Phi) is 8.60. The number of rotatable bonds is 11. The normalized spacial score (nSPS) is 13.3. The zero-order valence-electron chi connectivity index (χ0n) is 17.9. The molecule has 2 N–H and O–H groups in total. The van der Waals surface area contributed by atoms with Crippen LogP contribution in [0.1, 0.15) is 73.0 Å². The lowest BCUT2D eigenvalue weighted by molar-refractivity contribution is -0.107. The van der Waals surface area contributed by atoms with Crippen LogP contribution < -0.4 is 5.32 Å². The lowest BCUT2D eigenvalue weighted by Gasteiger charge is -2.17. The number of amides is 1. The fraction of sp³-hybridized carbons (Fsp3) is 0.409. The molecule has 1 atom stereocenters. The van der Waals surface area contributed by atoms with E-state index in [1.54, 1.807) is 0 Å². The Bertz CT molecular complexity index is 1030. The maximum atomic E-state index is 13.2. The first-order chi connectivity index (χ1) is 14.8. The predicted octanol–water partition coefficient (Wildman–Crippen LogP) is 3.67. The minimum Gasteiger partial charge on any atom is -0.477 e. The van der Waals surface area contributed by atoms with E-state index in [-0.39, 0.29) is 28.6 Å². The number of aromatic carboxylic acids is 1. The highest BCUT2D eigenvalue weighted by Gasteiger charge is 2.21. The highest BCUT2D eigenvalue weighted by molar-refractivity contribution is 5.96. The number of aromatic nitrogens is 3. The monoisotopic (exact) mass is 430 g/mol. The van der Waals surface area contributed by atoms with Crippen molar-refractivity contribution in [1.82, 2.24) is 19.9 Å². The Balaban J connectivity index is 2.32. The summed E-state index contributed by atoms with van der Waals surface area (Å²) in [6, 6.07) is 0.804. The molecule has 0 aliphatic rings. The number of carboxylic acids is 1. The van der Waals surface area contributed by atoms with Gasteiger partial charge in [0, 0.05) is 24.1 Å². The number of hydrogen-bond acceptors (Lipinski definition) is 5. The molecule has 0 aliphatic carbocycles. The molecule has 0 bridgehead atoms. The van der Waals surface area contributed by atoms with Gasteiger partial charge in [-0.25, -0.2) is 18.7 Å². The van der Waals surface area contributed by atoms with Crippen LogP contribution >= 0.6 is 0 Å². The predicted molar refractivity (Wildman–Crippen MR) is 114 cm³/mol. The van der Waals surface area contributed by atoms with Crippen LogP contribution in [0.15, 0.2) is 35.6 Å². The molecule has 2 rings (SSSR count). The molecule has 0 aromatic carbocycles. The van der Waals surface area contributed by atoms with Crippen molar-refractivity contribution in [3.63, 3.8) is 0 Å². The third-order valence-corrected chi connectivity index (χ3v) is 5.01. The summed E-state index contributed by atoms with van der Waals surface area (Å²) in [4.78, 5) is 39.1. The second-order valence-electron chi connectivity index (χ2n) is 7.26. The largest absolute Gasteiger partial charge is 0.477 e. The molecule has 9 heteroatoms. The third kappa shape index (κ3) is 6.07. The van der Waals surface area contributed by atoms with Crippen molar-refractivity contribution in [2.24, 2.45) is 0 Å². The van der Waals surface area contributed by atoms with Gasteiger partial charge in [-0.2, -0.15) is 5.10 Å². The molecular formula is C22H27FN4O4. The summed E-state index contributed by atoms with van der Waals surface area (Å²) < 4.78 is 14.4. The first-order valence-corrected chi connectivity index (χ1v) is 10.1. The van der Waals surface area contributed by atoms with E-state index in [4.69, 9.17) is 0 Å². The van der Waals surface area contributed by atoms with Crippen molar-refractivity contribution >= 4 is 23.8 Å². The molecule has 2 aromatic rings. The van der Waals surface area contributed by atoms with Crippen LogP contribution in [0, 0.1) is 0 Å². The zero-order valence-corrected chi connectivity index (χ0v) is 17.9. The molecule has 31 heavy (non-hydrogen) atoms. The smallest absolute Gasteiger partial charge is 0.354 e. The van der Waals surface area contributed by atoms with Gasteiger partial charge in [-0.3, -0.25) is 4.79 Å². The van der Waals surface area contributed by atoms with E-state index in [1.165, 1.54) is 6.20 Å². The number of allylic oxidation sites excluding steroid dienone is 3. The lowest BCUT2D eigenvalue weighted by Crippen LogP contribution is -2.35. The molecule has 1 amide bonds. The van der Waals surface area contributed by atoms with Gasteiger partial charge in [0.05, 0.1) is 6.20 Å². The van der Waals surface area contributed by atoms with Gasteiger partial charge in [0.15, 0.2) is 11.3 Å². The highest BCUT2D eigenvalue weighted by atomic mass is 19.1. The molecule has 0 saturated heterocycles. The molecule has 2 heterocycles. The molecular weight excluding hydrogens is 403 g/mol. The number of carbonyl (C=O) groups is 3. The summed E-state index contributed by atoms with van der Waals surface area (Å²) in [5.74, 6) is -1.86. The van der Waals surface area contributed by atoms with Gasteiger partial charge in [0.1, 0.15) is 18.7 Å². The number of nitrogens with one attached hydrogen (secondary N) is 1. The van der Waals surface area contributed by atoms with E-state index in [2.05, 4.69) is 15.4 Å². The van der Waals surface area contributed by atoms with Gasteiger partial charge in [-0.05, 0) is 33.1 Å². The van der Waals surface area contributed by atoms with E-state index in [1.807, 2.05) is 32.9 Å². The van der Waals surface area contributed by atoms with Crippen molar-refractivity contribution in [1.29, 1.82) is 0 Å². The number of halogens is 1. The first kappa shape index (κ1) is 23.9. The van der Waals surface area contributed by atoms with Crippen LogP contribution in [0.25, 0.3) is 5.65 Å². The summed E-state index contributed by atoms with van der Waals surface area (Å²) in [6.07, 6.45) is 8.33. The molecule has 2 aromatic heterocycles. The quantitative estimate of drug-likeness (QED) is 0.415. The van der Waals surface area contributed by atoms with Crippen molar-refractivity contribution in [3.05, 3.63) is 52.5 Å². The van der Waals surface area contributed by atoms with Crippen LogP contribution in [-0.4, -0.2) is 43.9 Å². The molecule has 0 saturated carbocycles. The van der Waals surface area contributed by atoms with Crippen molar-refractivity contribution in [2.45, 2.75) is 59.2 Å². The summed E-state index contributed by atoms with van der Waals surface area (Å²) in [5.41, 5.74) is 1.77. The van der Waals surface area contributed by atoms with Crippen LogP contribution in [0.3, 0.4) is 0 Å². The van der Waals surface area contributed by atoms with E-state index < -0.39 is 18.6 Å². The Hall–Kier alpha value is -3.36. The van der Waals surface area contributed by atoms with Crippen LogP contribution in [0.5, 0.6) is 0 Å². The number of carboxylic acid groups (broad SMARTS) is 1. The molecule has 0 spiro atoms. The third-order valence-electron chi connectivity index (χ3n) is 5.01. The molecule has 0 radical (unpaired) electrons. The SMILES string of the molecule is CC/C=C/C(CC/C(C)=C(\C)CC=O)NC(=O)c1cc(C(=O)O)nc2c(CF)cnn12. The fourth-order valence-electron chi connectivity index (χ4n) is 3.02. The van der Waals surface area contributed by atoms with Gasteiger partial charge in [-0.1, -0.05) is 30.2 Å². The Labute approximate surface area is 179 Å². The van der Waals surface area contributed by atoms with E-state index in [0.29, 0.717) is 19.3 Å². The number of aldehydes is 1. The molecule has 0 fully saturated rings. The second-order valence-corrected chi connectivity index (χ2v) is 7.26. The van der Waals surface area contributed by atoms with E-state index in [0.717, 1.165) is 34.4 Å². The number of hydrogen-bond donors (Lipinski definition) is 2. The number of fused-ring (bicyclic) bond motifs is 1. The fourth-order valence-corrected chi connectivity index (χ4v) is 3.02. The maximum absolute atomic E-state index is 13.2. The number of alkyl halides is 1. The second kappa shape index (κ2) is 11.1. The van der Waals surface area contributed by atoms with Crippen molar-refractivity contribution in [2.75, 3.05) is 0 Å². The Morgan fingerprint density at radius 1 is 1.32 bits per heavy atom. The molecule has 1 unspecified atom stereocenters. The Morgan fingerprint density at radius 2 is 2.06 bits per heavy atom. The van der Waals surface area contributed by atoms with Gasteiger partial charge >= 0.3 is 5.97 Å².